The molecule has 1 heterocycles. The molecule has 3 rings (SSSR count). The molecule has 1 aromatic carbocycles. The van der Waals surface area contributed by atoms with Gasteiger partial charge in [0.1, 0.15) is 6.10 Å². The second kappa shape index (κ2) is 7.54. The maximum absolute atomic E-state index is 12.1. The van der Waals surface area contributed by atoms with Gasteiger partial charge in [0, 0.05) is 25.1 Å². The number of hydrogen-bond acceptors (Lipinski definition) is 4. The zero-order valence-electron chi connectivity index (χ0n) is 14.9. The van der Waals surface area contributed by atoms with Gasteiger partial charge >= 0.3 is 11.8 Å². The van der Waals surface area contributed by atoms with Crippen molar-refractivity contribution in [3.05, 3.63) is 29.3 Å². The topological polar surface area (TPSA) is 76.7 Å². The summed E-state index contributed by atoms with van der Waals surface area (Å²) in [7, 11) is 0. The molecule has 1 aromatic rings. The van der Waals surface area contributed by atoms with E-state index >= 15 is 0 Å². The summed E-state index contributed by atoms with van der Waals surface area (Å²) in [5, 5.41) is 5.34. The third kappa shape index (κ3) is 4.19. The first-order valence-electron chi connectivity index (χ1n) is 8.96. The molecule has 0 bridgehead atoms. The van der Waals surface area contributed by atoms with Crippen LogP contribution >= 0.6 is 0 Å². The number of nitrogens with one attached hydrogen (secondary N) is 2. The fourth-order valence-electron chi connectivity index (χ4n) is 3.54. The number of ether oxygens (including phenoxy) is 2. The number of hydrogen-bond donors (Lipinski definition) is 2. The predicted molar refractivity (Wildman–Crippen MR) is 94.2 cm³/mol. The fraction of sp³-hybridized carbons (Fsp3) is 0.579. The molecule has 6 heteroatoms. The molecule has 1 saturated heterocycles. The first kappa shape index (κ1) is 17.9. The number of benzene rings is 1. The number of rotatable bonds is 3. The Morgan fingerprint density at radius 2 is 1.80 bits per heavy atom. The van der Waals surface area contributed by atoms with Gasteiger partial charge in [0.25, 0.3) is 0 Å². The monoisotopic (exact) mass is 346 g/mol. The molecule has 2 amide bonds. The molecule has 1 spiro atoms. The largest absolute Gasteiger partial charge is 0.347 e. The molecule has 6 nitrogen and oxygen atoms in total. The Labute approximate surface area is 148 Å². The number of aryl methyl sites for hydroxylation is 2. The Balaban J connectivity index is 1.48. The van der Waals surface area contributed by atoms with Crippen molar-refractivity contribution in [2.75, 3.05) is 18.5 Å². The second-order valence-electron chi connectivity index (χ2n) is 6.95. The molecule has 1 saturated carbocycles. The van der Waals surface area contributed by atoms with Crippen LogP contribution < -0.4 is 10.6 Å². The minimum absolute atomic E-state index is 0.199. The van der Waals surface area contributed by atoms with Crippen LogP contribution in [0.4, 0.5) is 5.69 Å². The van der Waals surface area contributed by atoms with Gasteiger partial charge in [-0.3, -0.25) is 9.59 Å². The minimum Gasteiger partial charge on any atom is -0.347 e. The van der Waals surface area contributed by atoms with Crippen molar-refractivity contribution in [3.63, 3.8) is 0 Å². The molecule has 2 aliphatic rings. The maximum Gasteiger partial charge on any atom is 0.313 e. The molecule has 2 N–H and O–H groups in total. The van der Waals surface area contributed by atoms with Crippen molar-refractivity contribution in [2.45, 2.75) is 57.8 Å². The van der Waals surface area contributed by atoms with E-state index in [1.54, 1.807) is 0 Å². The lowest BCUT2D eigenvalue weighted by atomic mass is 9.94. The zero-order valence-corrected chi connectivity index (χ0v) is 14.9. The Bertz CT molecular complexity index is 633. The average molecular weight is 346 g/mol. The van der Waals surface area contributed by atoms with E-state index in [-0.39, 0.29) is 12.6 Å². The molecule has 0 aromatic heterocycles. The maximum atomic E-state index is 12.1. The van der Waals surface area contributed by atoms with Crippen molar-refractivity contribution >= 4 is 17.5 Å². The third-order valence-corrected chi connectivity index (χ3v) is 4.95. The van der Waals surface area contributed by atoms with Gasteiger partial charge in [0.05, 0.1) is 6.61 Å². The molecular weight excluding hydrogens is 320 g/mol. The molecule has 1 unspecified atom stereocenters. The van der Waals surface area contributed by atoms with Crippen molar-refractivity contribution in [3.8, 4) is 0 Å². The number of carbonyl (C=O) groups is 2. The summed E-state index contributed by atoms with van der Waals surface area (Å²) in [4.78, 5) is 24.2. The number of para-hydroxylation sites is 1. The van der Waals surface area contributed by atoms with Crippen LogP contribution in [0.25, 0.3) is 0 Å². The standard InChI is InChI=1S/C19H26N2O4/c1-13-7-6-8-14(2)16(13)21-18(23)17(22)20-11-15-12-24-19(25-15)9-4-3-5-10-19/h6-8,15H,3-5,9-12H2,1-2H3,(H,20,22)(H,21,23). The van der Waals surface area contributed by atoms with Crippen molar-refractivity contribution in [1.82, 2.24) is 5.32 Å². The van der Waals surface area contributed by atoms with Crippen LogP contribution in [0, 0.1) is 13.8 Å². The second-order valence-corrected chi connectivity index (χ2v) is 6.95. The van der Waals surface area contributed by atoms with Crippen molar-refractivity contribution in [1.29, 1.82) is 0 Å². The van der Waals surface area contributed by atoms with Gasteiger partial charge in [-0.2, -0.15) is 0 Å². The van der Waals surface area contributed by atoms with E-state index in [4.69, 9.17) is 9.47 Å². The van der Waals surface area contributed by atoms with Crippen molar-refractivity contribution < 1.29 is 19.1 Å². The Kier molecular flexibility index (Phi) is 5.39. The lowest BCUT2D eigenvalue weighted by Gasteiger charge is -2.31. The quantitative estimate of drug-likeness (QED) is 0.824. The molecule has 1 aliphatic heterocycles. The SMILES string of the molecule is Cc1cccc(C)c1NC(=O)C(=O)NCC1COC2(CCCCC2)O1. The highest BCUT2D eigenvalue weighted by atomic mass is 16.7. The molecule has 1 atom stereocenters. The van der Waals surface area contributed by atoms with Gasteiger partial charge < -0.3 is 20.1 Å². The van der Waals surface area contributed by atoms with Gasteiger partial charge in [-0.1, -0.05) is 24.6 Å². The van der Waals surface area contributed by atoms with Crippen LogP contribution in [-0.4, -0.2) is 36.9 Å². The normalized spacial score (nSPS) is 21.9. The summed E-state index contributed by atoms with van der Waals surface area (Å²) in [6, 6.07) is 5.71. The van der Waals surface area contributed by atoms with E-state index in [0.717, 1.165) is 36.8 Å². The van der Waals surface area contributed by atoms with Crippen LogP contribution in [-0.2, 0) is 19.1 Å². The third-order valence-electron chi connectivity index (χ3n) is 4.95. The van der Waals surface area contributed by atoms with Crippen LogP contribution in [0.15, 0.2) is 18.2 Å². The predicted octanol–water partition coefficient (Wildman–Crippen LogP) is 2.43. The highest BCUT2D eigenvalue weighted by Gasteiger charge is 2.42. The number of carbonyl (C=O) groups excluding carboxylic acids is 2. The van der Waals surface area contributed by atoms with E-state index in [1.165, 1.54) is 6.42 Å². The number of amides is 2. The lowest BCUT2D eigenvalue weighted by molar-refractivity contribution is -0.186. The summed E-state index contributed by atoms with van der Waals surface area (Å²) >= 11 is 0. The Morgan fingerprint density at radius 3 is 2.48 bits per heavy atom. The molecule has 1 aliphatic carbocycles. The Morgan fingerprint density at radius 1 is 1.12 bits per heavy atom. The Hall–Kier alpha value is -1.92. The molecule has 0 radical (unpaired) electrons. The summed E-state index contributed by atoms with van der Waals surface area (Å²) in [6.07, 6.45) is 5.05. The van der Waals surface area contributed by atoms with E-state index in [9.17, 15) is 9.59 Å². The highest BCUT2D eigenvalue weighted by Crippen LogP contribution is 2.37. The van der Waals surface area contributed by atoms with Crippen LogP contribution in [0.3, 0.4) is 0 Å². The summed E-state index contributed by atoms with van der Waals surface area (Å²) in [6.45, 7) is 4.53. The smallest absolute Gasteiger partial charge is 0.313 e. The summed E-state index contributed by atoms with van der Waals surface area (Å²) in [5.74, 6) is -1.78. The lowest BCUT2D eigenvalue weighted by Crippen LogP contribution is -2.41. The van der Waals surface area contributed by atoms with E-state index < -0.39 is 17.6 Å². The van der Waals surface area contributed by atoms with Crippen molar-refractivity contribution in [2.24, 2.45) is 0 Å². The van der Waals surface area contributed by atoms with E-state index in [1.807, 2.05) is 32.0 Å². The van der Waals surface area contributed by atoms with E-state index in [0.29, 0.717) is 12.3 Å². The summed E-state index contributed by atoms with van der Waals surface area (Å²) < 4.78 is 11.8. The zero-order chi connectivity index (χ0) is 17.9. The van der Waals surface area contributed by atoms with Gasteiger partial charge in [0.15, 0.2) is 5.79 Å². The van der Waals surface area contributed by atoms with Crippen LogP contribution in [0.1, 0.15) is 43.2 Å². The first-order chi connectivity index (χ1) is 12.0. The number of anilines is 1. The van der Waals surface area contributed by atoms with Crippen LogP contribution in [0.5, 0.6) is 0 Å². The van der Waals surface area contributed by atoms with E-state index in [2.05, 4.69) is 10.6 Å². The highest BCUT2D eigenvalue weighted by molar-refractivity contribution is 6.39. The first-order valence-corrected chi connectivity index (χ1v) is 8.96. The molecule has 136 valence electrons. The van der Waals surface area contributed by atoms with Gasteiger partial charge in [0.2, 0.25) is 0 Å². The molecular formula is C19H26N2O4. The average Bonchev–Trinajstić information content (AvgIpc) is 2.99. The van der Waals surface area contributed by atoms with Gasteiger partial charge in [-0.15, -0.1) is 0 Å². The van der Waals surface area contributed by atoms with Gasteiger partial charge in [-0.05, 0) is 37.8 Å². The fourth-order valence-corrected chi connectivity index (χ4v) is 3.54. The molecule has 25 heavy (non-hydrogen) atoms. The van der Waals surface area contributed by atoms with Crippen LogP contribution in [0.2, 0.25) is 0 Å². The van der Waals surface area contributed by atoms with Gasteiger partial charge in [-0.25, -0.2) is 0 Å². The minimum atomic E-state index is -0.663. The summed E-state index contributed by atoms with van der Waals surface area (Å²) in [5.41, 5.74) is 2.53. The molecule has 2 fully saturated rings.